The Kier molecular flexibility index (Phi) is 1.12. The Hall–Kier alpha value is -1.52. The monoisotopic (exact) mass is 153 g/mol. The van der Waals surface area contributed by atoms with E-state index in [0.29, 0.717) is 24.5 Å². The minimum absolute atomic E-state index is 0.0363. The van der Waals surface area contributed by atoms with Crippen molar-refractivity contribution in [1.82, 2.24) is 5.16 Å². The second-order valence-corrected chi connectivity index (χ2v) is 2.42. The molecule has 0 aromatic carbocycles. The summed E-state index contributed by atoms with van der Waals surface area (Å²) in [6.07, 6.45) is 1.08. The maximum absolute atomic E-state index is 10.8. The van der Waals surface area contributed by atoms with Crippen molar-refractivity contribution in [1.29, 1.82) is 0 Å². The Morgan fingerprint density at radius 2 is 2.36 bits per heavy atom. The lowest BCUT2D eigenvalue weighted by molar-refractivity contribution is -0.116. The van der Waals surface area contributed by atoms with Gasteiger partial charge in [0.05, 0.1) is 5.56 Å². The lowest BCUT2D eigenvalue weighted by Crippen LogP contribution is -2.18. The SMILES string of the molecule is Nc1onc2c1CCC(=O)N2. The maximum Gasteiger partial charge on any atom is 0.227 e. The van der Waals surface area contributed by atoms with E-state index in [1.54, 1.807) is 0 Å². The van der Waals surface area contributed by atoms with Crippen molar-refractivity contribution in [2.45, 2.75) is 12.8 Å². The molecule has 0 radical (unpaired) electrons. The van der Waals surface area contributed by atoms with Gasteiger partial charge >= 0.3 is 0 Å². The zero-order valence-corrected chi connectivity index (χ0v) is 5.76. The molecule has 5 nitrogen and oxygen atoms in total. The van der Waals surface area contributed by atoms with Crippen LogP contribution in [0.4, 0.5) is 11.7 Å². The van der Waals surface area contributed by atoms with E-state index in [2.05, 4.69) is 15.0 Å². The standard InChI is InChI=1S/C6H7N3O2/c7-5-3-1-2-4(10)8-6(3)9-11-5/h1-2,7H2,(H,8,9,10). The van der Waals surface area contributed by atoms with Crippen molar-refractivity contribution in [2.24, 2.45) is 0 Å². The van der Waals surface area contributed by atoms with Gasteiger partial charge in [-0.25, -0.2) is 0 Å². The van der Waals surface area contributed by atoms with Gasteiger partial charge in [0, 0.05) is 6.42 Å². The number of nitrogens with zero attached hydrogens (tertiary/aromatic N) is 1. The van der Waals surface area contributed by atoms with Crippen LogP contribution < -0.4 is 11.1 Å². The number of nitrogens with one attached hydrogen (secondary N) is 1. The first-order valence-electron chi connectivity index (χ1n) is 3.31. The summed E-state index contributed by atoms with van der Waals surface area (Å²) in [6, 6.07) is 0. The summed E-state index contributed by atoms with van der Waals surface area (Å²) in [7, 11) is 0. The van der Waals surface area contributed by atoms with Crippen LogP contribution in [0, 0.1) is 0 Å². The molecule has 0 bridgehead atoms. The quantitative estimate of drug-likeness (QED) is 0.555. The molecule has 0 fully saturated rings. The molecule has 1 aromatic heterocycles. The van der Waals surface area contributed by atoms with Crippen molar-refractivity contribution in [2.75, 3.05) is 11.1 Å². The first kappa shape index (κ1) is 6.21. The molecule has 2 rings (SSSR count). The first-order valence-corrected chi connectivity index (χ1v) is 3.31. The Morgan fingerprint density at radius 1 is 1.55 bits per heavy atom. The van der Waals surface area contributed by atoms with Gasteiger partial charge in [-0.15, -0.1) is 0 Å². The zero-order chi connectivity index (χ0) is 7.84. The number of amides is 1. The molecule has 0 spiro atoms. The van der Waals surface area contributed by atoms with Gasteiger partial charge in [0.1, 0.15) is 0 Å². The van der Waals surface area contributed by atoms with E-state index in [9.17, 15) is 4.79 Å². The Bertz CT molecular complexity index is 305. The topological polar surface area (TPSA) is 81.2 Å². The minimum Gasteiger partial charge on any atom is -0.367 e. The molecule has 1 aliphatic rings. The van der Waals surface area contributed by atoms with Crippen molar-refractivity contribution >= 4 is 17.6 Å². The summed E-state index contributed by atoms with van der Waals surface area (Å²) in [5.74, 6) is 0.740. The lowest BCUT2D eigenvalue weighted by Gasteiger charge is -2.08. The highest BCUT2D eigenvalue weighted by Crippen LogP contribution is 2.25. The van der Waals surface area contributed by atoms with E-state index < -0.39 is 0 Å². The summed E-state index contributed by atoms with van der Waals surface area (Å²) < 4.78 is 4.68. The van der Waals surface area contributed by atoms with Crippen molar-refractivity contribution in [3.63, 3.8) is 0 Å². The molecule has 5 heteroatoms. The average Bonchev–Trinajstić information content (AvgIpc) is 2.32. The second kappa shape index (κ2) is 1.98. The van der Waals surface area contributed by atoms with Crippen LogP contribution in [-0.2, 0) is 11.2 Å². The van der Waals surface area contributed by atoms with Gasteiger partial charge in [-0.05, 0) is 6.42 Å². The lowest BCUT2D eigenvalue weighted by atomic mass is 10.1. The van der Waals surface area contributed by atoms with Crippen LogP contribution in [0.25, 0.3) is 0 Å². The number of nitrogens with two attached hydrogens (primary N) is 1. The summed E-state index contributed by atoms with van der Waals surface area (Å²) in [4.78, 5) is 10.8. The van der Waals surface area contributed by atoms with Gasteiger partial charge in [0.15, 0.2) is 5.82 Å². The third-order valence-corrected chi connectivity index (χ3v) is 1.68. The highest BCUT2D eigenvalue weighted by Gasteiger charge is 2.21. The number of carbonyl (C=O) groups is 1. The Morgan fingerprint density at radius 3 is 3.18 bits per heavy atom. The molecule has 11 heavy (non-hydrogen) atoms. The normalized spacial score (nSPS) is 15.8. The van der Waals surface area contributed by atoms with Crippen molar-refractivity contribution in [3.8, 4) is 0 Å². The van der Waals surface area contributed by atoms with Gasteiger partial charge in [0.2, 0.25) is 11.8 Å². The highest BCUT2D eigenvalue weighted by molar-refractivity contribution is 5.93. The molecule has 1 aliphatic heterocycles. The molecule has 1 aromatic rings. The van der Waals surface area contributed by atoms with Crippen LogP contribution in [0.2, 0.25) is 0 Å². The van der Waals surface area contributed by atoms with Crippen molar-refractivity contribution in [3.05, 3.63) is 5.56 Å². The van der Waals surface area contributed by atoms with E-state index in [1.807, 2.05) is 0 Å². The third-order valence-electron chi connectivity index (χ3n) is 1.68. The highest BCUT2D eigenvalue weighted by atomic mass is 16.5. The predicted octanol–water partition coefficient (Wildman–Crippen LogP) is 0.141. The largest absolute Gasteiger partial charge is 0.367 e. The summed E-state index contributed by atoms with van der Waals surface area (Å²) in [5.41, 5.74) is 6.24. The Balaban J connectivity index is 2.44. The van der Waals surface area contributed by atoms with Crippen LogP contribution in [0.1, 0.15) is 12.0 Å². The van der Waals surface area contributed by atoms with E-state index in [-0.39, 0.29) is 5.91 Å². The number of fused-ring (bicyclic) bond motifs is 1. The number of aromatic nitrogens is 1. The molecule has 0 atom stereocenters. The van der Waals surface area contributed by atoms with Gasteiger partial charge < -0.3 is 15.6 Å². The first-order chi connectivity index (χ1) is 5.27. The molecule has 0 unspecified atom stereocenters. The molecule has 1 amide bonds. The molecular weight excluding hydrogens is 146 g/mol. The fourth-order valence-corrected chi connectivity index (χ4v) is 1.09. The fourth-order valence-electron chi connectivity index (χ4n) is 1.09. The smallest absolute Gasteiger partial charge is 0.227 e. The molecule has 0 saturated heterocycles. The molecule has 2 heterocycles. The van der Waals surface area contributed by atoms with Crippen LogP contribution >= 0.6 is 0 Å². The molecule has 3 N–H and O–H groups in total. The van der Waals surface area contributed by atoms with Gasteiger partial charge in [-0.1, -0.05) is 5.16 Å². The van der Waals surface area contributed by atoms with Gasteiger partial charge in [-0.2, -0.15) is 0 Å². The van der Waals surface area contributed by atoms with E-state index in [0.717, 1.165) is 5.56 Å². The zero-order valence-electron chi connectivity index (χ0n) is 5.76. The number of hydrogen-bond donors (Lipinski definition) is 2. The second-order valence-electron chi connectivity index (χ2n) is 2.42. The molecule has 0 aliphatic carbocycles. The summed E-state index contributed by atoms with van der Waals surface area (Å²) in [6.45, 7) is 0. The van der Waals surface area contributed by atoms with Crippen molar-refractivity contribution < 1.29 is 9.32 Å². The number of carbonyl (C=O) groups excluding carboxylic acids is 1. The third kappa shape index (κ3) is 0.849. The minimum atomic E-state index is -0.0363. The molecule has 58 valence electrons. The van der Waals surface area contributed by atoms with Crippen LogP contribution in [0.3, 0.4) is 0 Å². The average molecular weight is 153 g/mol. The summed E-state index contributed by atoms with van der Waals surface area (Å²) >= 11 is 0. The van der Waals surface area contributed by atoms with Crippen LogP contribution in [-0.4, -0.2) is 11.1 Å². The Labute approximate surface area is 62.5 Å². The molecular formula is C6H7N3O2. The van der Waals surface area contributed by atoms with E-state index in [4.69, 9.17) is 5.73 Å². The van der Waals surface area contributed by atoms with Crippen LogP contribution in [0.15, 0.2) is 4.52 Å². The van der Waals surface area contributed by atoms with E-state index in [1.165, 1.54) is 0 Å². The van der Waals surface area contributed by atoms with Crippen LogP contribution in [0.5, 0.6) is 0 Å². The van der Waals surface area contributed by atoms with Gasteiger partial charge in [0.25, 0.3) is 0 Å². The molecule has 0 saturated carbocycles. The van der Waals surface area contributed by atoms with Gasteiger partial charge in [-0.3, -0.25) is 4.79 Å². The fraction of sp³-hybridized carbons (Fsp3) is 0.333. The number of anilines is 2. The number of nitrogen functional groups attached to an aromatic ring is 1. The predicted molar refractivity (Wildman–Crippen MR) is 37.9 cm³/mol. The summed E-state index contributed by atoms with van der Waals surface area (Å²) in [5, 5.41) is 6.13. The number of rotatable bonds is 0. The van der Waals surface area contributed by atoms with E-state index >= 15 is 0 Å². The maximum atomic E-state index is 10.8. The number of hydrogen-bond acceptors (Lipinski definition) is 4.